The summed E-state index contributed by atoms with van der Waals surface area (Å²) in [7, 11) is 2.89. The molecule has 3 rings (SSSR count). The quantitative estimate of drug-likeness (QED) is 0.305. The maximum Gasteiger partial charge on any atom is 0.338 e. The second-order valence-corrected chi connectivity index (χ2v) is 8.67. The number of rotatable bonds is 12. The third-order valence-electron chi connectivity index (χ3n) is 5.79. The van der Waals surface area contributed by atoms with Crippen molar-refractivity contribution in [2.45, 2.75) is 26.2 Å². The van der Waals surface area contributed by atoms with Crippen LogP contribution in [0.2, 0.25) is 0 Å². The van der Waals surface area contributed by atoms with Gasteiger partial charge in [0.1, 0.15) is 11.5 Å². The zero-order valence-electron chi connectivity index (χ0n) is 22.0. The number of hydrogen-bond acceptors (Lipinski definition) is 9. The third-order valence-corrected chi connectivity index (χ3v) is 5.79. The number of carbonyl (C=O) groups excluding carboxylic acids is 5. The van der Waals surface area contributed by atoms with Gasteiger partial charge in [-0.3, -0.25) is 29.6 Å². The number of anilines is 1. The normalized spacial score (nSPS) is 14.4. The van der Waals surface area contributed by atoms with E-state index in [0.717, 1.165) is 17.9 Å². The molecule has 2 N–H and O–H groups in total. The van der Waals surface area contributed by atoms with E-state index in [2.05, 4.69) is 10.7 Å². The number of benzene rings is 2. The van der Waals surface area contributed by atoms with Gasteiger partial charge in [0, 0.05) is 23.7 Å². The van der Waals surface area contributed by atoms with Crippen LogP contribution in [-0.2, 0) is 23.9 Å². The minimum Gasteiger partial charge on any atom is -0.497 e. The molecule has 1 aliphatic heterocycles. The van der Waals surface area contributed by atoms with Gasteiger partial charge in [0.05, 0.1) is 38.9 Å². The monoisotopic (exact) mass is 541 g/mol. The van der Waals surface area contributed by atoms with Gasteiger partial charge in [-0.1, -0.05) is 13.3 Å². The van der Waals surface area contributed by atoms with E-state index < -0.39 is 42.2 Å². The molecular formula is C27H31N3O9. The number of hydrazine groups is 1. The molecule has 208 valence electrons. The van der Waals surface area contributed by atoms with Gasteiger partial charge in [-0.15, -0.1) is 0 Å². The average Bonchev–Trinajstić information content (AvgIpc) is 3.31. The topological polar surface area (TPSA) is 150 Å². The van der Waals surface area contributed by atoms with Crippen LogP contribution in [-0.4, -0.2) is 68.6 Å². The number of hydrogen-bond donors (Lipinski definition) is 2. The molecule has 0 spiro atoms. The minimum absolute atomic E-state index is 0.109. The van der Waals surface area contributed by atoms with Gasteiger partial charge in [0.15, 0.2) is 6.61 Å². The second kappa shape index (κ2) is 13.8. The highest BCUT2D eigenvalue weighted by molar-refractivity contribution is 5.98. The van der Waals surface area contributed by atoms with E-state index in [1.165, 1.54) is 50.6 Å². The van der Waals surface area contributed by atoms with Gasteiger partial charge in [0.25, 0.3) is 11.8 Å². The van der Waals surface area contributed by atoms with Crippen molar-refractivity contribution in [2.75, 3.05) is 39.3 Å². The first-order valence-electron chi connectivity index (χ1n) is 12.3. The molecule has 1 atom stereocenters. The molecule has 0 bridgehead atoms. The van der Waals surface area contributed by atoms with Crippen molar-refractivity contribution < 1.29 is 42.9 Å². The molecule has 1 aliphatic rings. The predicted octanol–water partition coefficient (Wildman–Crippen LogP) is 2.34. The maximum atomic E-state index is 12.7. The van der Waals surface area contributed by atoms with Crippen LogP contribution in [0, 0.1) is 5.92 Å². The lowest BCUT2D eigenvalue weighted by molar-refractivity contribution is -0.151. The number of nitrogens with zero attached hydrogens (tertiary/aromatic N) is 1. The first kappa shape index (κ1) is 29.0. The van der Waals surface area contributed by atoms with E-state index in [9.17, 15) is 24.0 Å². The lowest BCUT2D eigenvalue weighted by Crippen LogP contribution is -2.43. The summed E-state index contributed by atoms with van der Waals surface area (Å²) in [5, 5.41) is 3.60. The molecule has 1 saturated heterocycles. The second-order valence-electron chi connectivity index (χ2n) is 8.67. The number of amides is 3. The SMILES string of the molecule is CCCCOC(=O)c1ccc(NC(=O)COC(=O)[C@H]2CC(=O)N(NC(=O)c3cc(OC)cc(OC)c3)C2)cc1. The summed E-state index contributed by atoms with van der Waals surface area (Å²) < 4.78 is 20.5. The van der Waals surface area contributed by atoms with E-state index in [0.29, 0.717) is 29.4 Å². The molecule has 0 radical (unpaired) electrons. The van der Waals surface area contributed by atoms with E-state index in [1.54, 1.807) is 6.07 Å². The molecule has 1 fully saturated rings. The Hall–Kier alpha value is -4.61. The average molecular weight is 542 g/mol. The summed E-state index contributed by atoms with van der Waals surface area (Å²) in [6.07, 6.45) is 1.51. The summed E-state index contributed by atoms with van der Waals surface area (Å²) in [6, 6.07) is 10.7. The highest BCUT2D eigenvalue weighted by Crippen LogP contribution is 2.23. The molecule has 0 aliphatic carbocycles. The zero-order valence-corrected chi connectivity index (χ0v) is 22.0. The maximum absolute atomic E-state index is 12.7. The summed E-state index contributed by atoms with van der Waals surface area (Å²) in [5.41, 5.74) is 3.42. The Balaban J connectivity index is 1.46. The van der Waals surface area contributed by atoms with Crippen LogP contribution >= 0.6 is 0 Å². The molecule has 12 nitrogen and oxygen atoms in total. The molecule has 2 aromatic rings. The van der Waals surface area contributed by atoms with Crippen molar-refractivity contribution in [2.24, 2.45) is 5.92 Å². The van der Waals surface area contributed by atoms with Crippen molar-refractivity contribution in [3.8, 4) is 11.5 Å². The minimum atomic E-state index is -0.858. The summed E-state index contributed by atoms with van der Waals surface area (Å²) >= 11 is 0. The predicted molar refractivity (Wildman–Crippen MR) is 138 cm³/mol. The van der Waals surface area contributed by atoms with Crippen LogP contribution in [0.15, 0.2) is 42.5 Å². The summed E-state index contributed by atoms with van der Waals surface area (Å²) in [4.78, 5) is 61.7. The molecule has 3 amide bonds. The Morgan fingerprint density at radius 3 is 2.23 bits per heavy atom. The Bertz CT molecular complexity index is 1190. The van der Waals surface area contributed by atoms with Crippen molar-refractivity contribution in [3.63, 3.8) is 0 Å². The zero-order chi connectivity index (χ0) is 28.4. The largest absolute Gasteiger partial charge is 0.497 e. The number of ether oxygens (including phenoxy) is 4. The van der Waals surface area contributed by atoms with E-state index >= 15 is 0 Å². The number of unbranched alkanes of at least 4 members (excludes halogenated alkanes) is 1. The first-order valence-corrected chi connectivity index (χ1v) is 12.3. The Labute approximate surface area is 225 Å². The fraction of sp³-hybridized carbons (Fsp3) is 0.370. The van der Waals surface area contributed by atoms with Gasteiger partial charge in [-0.2, -0.15) is 0 Å². The molecule has 2 aromatic carbocycles. The standard InChI is InChI=1S/C27H31N3O9/c1-4-5-10-38-26(34)17-6-8-20(9-7-17)28-23(31)16-39-27(35)19-13-24(32)30(15-19)29-25(33)18-11-21(36-2)14-22(12-18)37-3/h6-9,11-12,14,19H,4-5,10,13,15-16H2,1-3H3,(H,28,31)(H,29,33)/t19-/m0/s1. The lowest BCUT2D eigenvalue weighted by atomic mass is 10.1. The van der Waals surface area contributed by atoms with E-state index in [-0.39, 0.29) is 18.5 Å². The Morgan fingerprint density at radius 1 is 0.949 bits per heavy atom. The fourth-order valence-electron chi connectivity index (χ4n) is 3.63. The molecule has 0 aromatic heterocycles. The number of methoxy groups -OCH3 is 2. The van der Waals surface area contributed by atoms with Crippen LogP contribution < -0.4 is 20.2 Å². The number of nitrogens with one attached hydrogen (secondary N) is 2. The number of carbonyl (C=O) groups is 5. The van der Waals surface area contributed by atoms with Gasteiger partial charge >= 0.3 is 11.9 Å². The summed E-state index contributed by atoms with van der Waals surface area (Å²) in [6.45, 7) is 1.66. The molecule has 0 saturated carbocycles. The van der Waals surface area contributed by atoms with Crippen LogP contribution in [0.1, 0.15) is 46.9 Å². The Morgan fingerprint density at radius 2 is 1.62 bits per heavy atom. The molecular weight excluding hydrogens is 510 g/mol. The van der Waals surface area contributed by atoms with Gasteiger partial charge in [0.2, 0.25) is 5.91 Å². The van der Waals surface area contributed by atoms with Crippen molar-refractivity contribution in [1.82, 2.24) is 10.4 Å². The van der Waals surface area contributed by atoms with Crippen LogP contribution in [0.5, 0.6) is 11.5 Å². The van der Waals surface area contributed by atoms with Gasteiger partial charge in [-0.05, 0) is 42.8 Å². The van der Waals surface area contributed by atoms with Crippen LogP contribution in [0.25, 0.3) is 0 Å². The van der Waals surface area contributed by atoms with Crippen molar-refractivity contribution >= 4 is 35.3 Å². The highest BCUT2D eigenvalue weighted by Gasteiger charge is 2.37. The van der Waals surface area contributed by atoms with Crippen LogP contribution in [0.3, 0.4) is 0 Å². The molecule has 1 heterocycles. The molecule has 0 unspecified atom stereocenters. The van der Waals surface area contributed by atoms with E-state index in [1.807, 2.05) is 6.92 Å². The van der Waals surface area contributed by atoms with Crippen molar-refractivity contribution in [1.29, 1.82) is 0 Å². The molecule has 12 heteroatoms. The smallest absolute Gasteiger partial charge is 0.338 e. The van der Waals surface area contributed by atoms with Gasteiger partial charge < -0.3 is 24.3 Å². The van der Waals surface area contributed by atoms with E-state index in [4.69, 9.17) is 18.9 Å². The lowest BCUT2D eigenvalue weighted by Gasteiger charge is -2.18. The third kappa shape index (κ3) is 8.19. The van der Waals surface area contributed by atoms with Crippen LogP contribution in [0.4, 0.5) is 5.69 Å². The first-order chi connectivity index (χ1) is 18.7. The fourth-order valence-corrected chi connectivity index (χ4v) is 3.63. The summed E-state index contributed by atoms with van der Waals surface area (Å²) in [5.74, 6) is -2.92. The van der Waals surface area contributed by atoms with Gasteiger partial charge in [-0.25, -0.2) is 4.79 Å². The number of esters is 2. The Kier molecular flexibility index (Phi) is 10.2. The molecule has 39 heavy (non-hydrogen) atoms. The highest BCUT2D eigenvalue weighted by atomic mass is 16.5. The van der Waals surface area contributed by atoms with Crippen molar-refractivity contribution in [3.05, 3.63) is 53.6 Å².